The molecule has 0 fully saturated rings. The first-order valence-electron chi connectivity index (χ1n) is 11.6. The van der Waals surface area contributed by atoms with Gasteiger partial charge < -0.3 is 15.4 Å². The van der Waals surface area contributed by atoms with Crippen molar-refractivity contribution in [2.45, 2.75) is 19.4 Å². The van der Waals surface area contributed by atoms with Gasteiger partial charge in [-0.2, -0.15) is 5.26 Å². The van der Waals surface area contributed by atoms with Crippen molar-refractivity contribution < 1.29 is 14.3 Å². The number of nitriles is 1. The summed E-state index contributed by atoms with van der Waals surface area (Å²) in [5, 5.41) is 17.3. The number of amides is 1. The summed E-state index contributed by atoms with van der Waals surface area (Å²) in [6.45, 7) is 1.87. The molecular formula is C29H23BrClN3O3S. The first-order chi connectivity index (χ1) is 18.4. The summed E-state index contributed by atoms with van der Waals surface area (Å²) in [4.78, 5) is 26.0. The zero-order valence-electron chi connectivity index (χ0n) is 20.3. The van der Waals surface area contributed by atoms with Crippen LogP contribution in [0, 0.1) is 11.3 Å². The van der Waals surface area contributed by atoms with E-state index < -0.39 is 11.9 Å². The standard InChI is InChI=1S/C29H23BrClN3O3S/c1-18-26(29(36)37-16-19-5-3-2-4-6-19)27(20-7-11-22(31)12-8-20)24(15-32)28(33-18)38-17-25(35)34-23-13-9-21(30)10-14-23/h2-14,27,33H,16-17H2,1H3,(H,34,35)/t27-/m0/s1. The first kappa shape index (κ1) is 27.5. The SMILES string of the molecule is CC1=C(C(=O)OCc2ccccc2)[C@@H](c2ccc(Cl)cc2)C(C#N)=C(SCC(=O)Nc2ccc(Br)cc2)N1. The maximum absolute atomic E-state index is 13.3. The van der Waals surface area contributed by atoms with E-state index in [1.165, 1.54) is 11.8 Å². The van der Waals surface area contributed by atoms with E-state index in [0.717, 1.165) is 15.6 Å². The predicted octanol–water partition coefficient (Wildman–Crippen LogP) is 6.91. The highest BCUT2D eigenvalue weighted by molar-refractivity contribution is 9.10. The highest BCUT2D eigenvalue weighted by Gasteiger charge is 2.35. The molecule has 6 nitrogen and oxygen atoms in total. The maximum Gasteiger partial charge on any atom is 0.337 e. The van der Waals surface area contributed by atoms with Gasteiger partial charge in [0.2, 0.25) is 5.91 Å². The number of anilines is 1. The van der Waals surface area contributed by atoms with E-state index in [0.29, 0.717) is 32.6 Å². The minimum Gasteiger partial charge on any atom is -0.457 e. The van der Waals surface area contributed by atoms with Crippen LogP contribution in [0.25, 0.3) is 0 Å². The van der Waals surface area contributed by atoms with Crippen molar-refractivity contribution in [1.82, 2.24) is 5.32 Å². The van der Waals surface area contributed by atoms with Crippen molar-refractivity contribution in [2.75, 3.05) is 11.1 Å². The number of hydrogen-bond acceptors (Lipinski definition) is 6. The quantitative estimate of drug-likeness (QED) is 0.270. The van der Waals surface area contributed by atoms with Gasteiger partial charge in [0.15, 0.2) is 0 Å². The van der Waals surface area contributed by atoms with Gasteiger partial charge >= 0.3 is 5.97 Å². The van der Waals surface area contributed by atoms with Crippen LogP contribution in [0.5, 0.6) is 0 Å². The molecule has 38 heavy (non-hydrogen) atoms. The Morgan fingerprint density at radius 2 is 1.76 bits per heavy atom. The summed E-state index contributed by atoms with van der Waals surface area (Å²) in [7, 11) is 0. The van der Waals surface area contributed by atoms with E-state index in [9.17, 15) is 14.9 Å². The second-order valence-corrected chi connectivity index (χ2v) is 10.7. The van der Waals surface area contributed by atoms with Crippen molar-refractivity contribution in [2.24, 2.45) is 0 Å². The van der Waals surface area contributed by atoms with Crippen LogP contribution in [0.2, 0.25) is 5.02 Å². The first-order valence-corrected chi connectivity index (χ1v) is 13.8. The van der Waals surface area contributed by atoms with Crippen molar-refractivity contribution in [3.8, 4) is 6.07 Å². The Morgan fingerprint density at radius 3 is 2.42 bits per heavy atom. The van der Waals surface area contributed by atoms with Gasteiger partial charge in [-0.1, -0.05) is 81.8 Å². The number of benzene rings is 3. The lowest BCUT2D eigenvalue weighted by atomic mass is 9.82. The van der Waals surface area contributed by atoms with Crippen LogP contribution in [0.1, 0.15) is 24.0 Å². The Balaban J connectivity index is 1.58. The summed E-state index contributed by atoms with van der Waals surface area (Å²) in [6.07, 6.45) is 0. The molecule has 0 unspecified atom stereocenters. The number of carbonyl (C=O) groups is 2. The lowest BCUT2D eigenvalue weighted by Crippen LogP contribution is -2.29. The van der Waals surface area contributed by atoms with E-state index in [1.807, 2.05) is 42.5 Å². The lowest BCUT2D eigenvalue weighted by molar-refractivity contribution is -0.140. The fourth-order valence-corrected chi connectivity index (χ4v) is 5.24. The molecule has 2 N–H and O–H groups in total. The second kappa shape index (κ2) is 12.8. The Kier molecular flexibility index (Phi) is 9.29. The molecule has 0 saturated carbocycles. The van der Waals surface area contributed by atoms with Gasteiger partial charge in [-0.3, -0.25) is 4.79 Å². The normalized spacial score (nSPS) is 14.9. The topological polar surface area (TPSA) is 91.2 Å². The molecule has 192 valence electrons. The van der Waals surface area contributed by atoms with Crippen molar-refractivity contribution in [3.05, 3.63) is 121 Å². The Labute approximate surface area is 238 Å². The third kappa shape index (κ3) is 6.87. The molecule has 0 aliphatic carbocycles. The molecule has 1 atom stereocenters. The fraction of sp³-hybridized carbons (Fsp3) is 0.138. The molecule has 3 aromatic carbocycles. The van der Waals surface area contributed by atoms with Crippen LogP contribution in [-0.4, -0.2) is 17.6 Å². The van der Waals surface area contributed by atoms with Crippen molar-refractivity contribution in [3.63, 3.8) is 0 Å². The van der Waals surface area contributed by atoms with Gasteiger partial charge in [0.25, 0.3) is 0 Å². The van der Waals surface area contributed by atoms with Gasteiger partial charge in [0.1, 0.15) is 6.61 Å². The van der Waals surface area contributed by atoms with Crippen LogP contribution < -0.4 is 10.6 Å². The molecule has 0 saturated heterocycles. The Morgan fingerprint density at radius 1 is 1.08 bits per heavy atom. The molecule has 1 aliphatic rings. The van der Waals surface area contributed by atoms with Gasteiger partial charge in [-0.15, -0.1) is 0 Å². The third-order valence-electron chi connectivity index (χ3n) is 5.76. The third-order valence-corrected chi connectivity index (χ3v) is 7.56. The largest absolute Gasteiger partial charge is 0.457 e. The number of thioether (sulfide) groups is 1. The smallest absolute Gasteiger partial charge is 0.337 e. The van der Waals surface area contributed by atoms with E-state index >= 15 is 0 Å². The average Bonchev–Trinajstić information content (AvgIpc) is 2.92. The fourth-order valence-electron chi connectivity index (χ4n) is 3.95. The van der Waals surface area contributed by atoms with E-state index in [2.05, 4.69) is 32.6 Å². The number of hydrogen-bond donors (Lipinski definition) is 2. The average molecular weight is 609 g/mol. The van der Waals surface area contributed by atoms with Crippen molar-refractivity contribution >= 4 is 56.9 Å². The summed E-state index contributed by atoms with van der Waals surface area (Å²) in [5.74, 6) is -1.36. The Hall–Kier alpha value is -3.51. The molecular weight excluding hydrogens is 586 g/mol. The molecule has 0 bridgehead atoms. The summed E-state index contributed by atoms with van der Waals surface area (Å²) >= 11 is 10.7. The molecule has 1 heterocycles. The highest BCUT2D eigenvalue weighted by Crippen LogP contribution is 2.41. The molecule has 9 heteroatoms. The minimum absolute atomic E-state index is 0.0674. The van der Waals surface area contributed by atoms with Crippen LogP contribution >= 0.6 is 39.3 Å². The number of esters is 1. The number of nitrogens with zero attached hydrogens (tertiary/aromatic N) is 1. The molecule has 0 radical (unpaired) electrons. The summed E-state index contributed by atoms with van der Waals surface area (Å²) in [5.41, 5.74) is 3.46. The van der Waals surface area contributed by atoms with Gasteiger partial charge in [0.05, 0.1) is 33.9 Å². The van der Waals surface area contributed by atoms with Crippen molar-refractivity contribution in [1.29, 1.82) is 5.26 Å². The molecule has 3 aromatic rings. The number of carbonyl (C=O) groups excluding carboxylic acids is 2. The molecule has 0 spiro atoms. The van der Waals surface area contributed by atoms with E-state index in [4.69, 9.17) is 16.3 Å². The number of allylic oxidation sites excluding steroid dienone is 2. The number of dihydropyridines is 1. The monoisotopic (exact) mass is 607 g/mol. The van der Waals surface area contributed by atoms with E-state index in [1.54, 1.807) is 43.3 Å². The molecule has 1 amide bonds. The van der Waals surface area contributed by atoms with E-state index in [-0.39, 0.29) is 18.3 Å². The van der Waals surface area contributed by atoms with Gasteiger partial charge in [-0.25, -0.2) is 4.79 Å². The van der Waals surface area contributed by atoms with Gasteiger partial charge in [-0.05, 0) is 54.4 Å². The second-order valence-electron chi connectivity index (χ2n) is 8.41. The van der Waals surface area contributed by atoms with Crippen LogP contribution in [0.3, 0.4) is 0 Å². The zero-order valence-corrected chi connectivity index (χ0v) is 23.5. The maximum atomic E-state index is 13.3. The molecule has 4 rings (SSSR count). The van der Waals surface area contributed by atoms with Crippen LogP contribution in [-0.2, 0) is 20.9 Å². The number of ether oxygens (including phenoxy) is 1. The minimum atomic E-state index is -0.682. The van der Waals surface area contributed by atoms with Gasteiger partial charge in [0, 0.05) is 20.9 Å². The van der Waals surface area contributed by atoms with Crippen LogP contribution in [0.4, 0.5) is 5.69 Å². The summed E-state index contributed by atoms with van der Waals surface area (Å²) in [6, 6.07) is 25.9. The molecule has 0 aromatic heterocycles. The number of nitrogens with one attached hydrogen (secondary N) is 2. The van der Waals surface area contributed by atoms with Crippen LogP contribution in [0.15, 0.2) is 105 Å². The lowest BCUT2D eigenvalue weighted by Gasteiger charge is -2.29. The number of rotatable bonds is 8. The zero-order chi connectivity index (χ0) is 27.1. The number of halogens is 2. The predicted molar refractivity (Wildman–Crippen MR) is 154 cm³/mol. The summed E-state index contributed by atoms with van der Waals surface area (Å²) < 4.78 is 6.56. The molecule has 1 aliphatic heterocycles. The highest BCUT2D eigenvalue weighted by atomic mass is 79.9. The Bertz CT molecular complexity index is 1430.